The minimum absolute atomic E-state index is 0.0809. The van der Waals surface area contributed by atoms with Gasteiger partial charge in [-0.1, -0.05) is 0 Å². The summed E-state index contributed by atoms with van der Waals surface area (Å²) >= 11 is 0. The van der Waals surface area contributed by atoms with Gasteiger partial charge in [0.1, 0.15) is 11.6 Å². The van der Waals surface area contributed by atoms with E-state index in [-0.39, 0.29) is 11.8 Å². The van der Waals surface area contributed by atoms with Gasteiger partial charge in [-0.25, -0.2) is 9.78 Å². The van der Waals surface area contributed by atoms with E-state index in [1.165, 1.54) is 0 Å². The van der Waals surface area contributed by atoms with Crippen LogP contribution in [0.4, 0.5) is 10.5 Å². The van der Waals surface area contributed by atoms with Gasteiger partial charge in [-0.2, -0.15) is 5.26 Å². The minimum atomic E-state index is -0.837. The number of amides is 3. The van der Waals surface area contributed by atoms with Crippen LogP contribution in [0.5, 0.6) is 0 Å². The Kier molecular flexibility index (Phi) is 3.45. The van der Waals surface area contributed by atoms with Crippen LogP contribution < -0.4 is 15.5 Å². The average Bonchev–Trinajstić information content (AvgIpc) is 2.81. The third kappa shape index (κ3) is 2.26. The molecule has 2 fully saturated rings. The predicted molar refractivity (Wildman–Crippen MR) is 79.0 cm³/mol. The zero-order valence-electron chi connectivity index (χ0n) is 12.3. The topological polar surface area (TPSA) is 98.1 Å². The number of pyridine rings is 1. The Balaban J connectivity index is 1.72. The zero-order chi connectivity index (χ0) is 15.7. The van der Waals surface area contributed by atoms with Gasteiger partial charge in [0.25, 0.3) is 5.91 Å². The first kappa shape index (κ1) is 14.3. The van der Waals surface area contributed by atoms with E-state index in [1.807, 2.05) is 12.1 Å². The number of hydrogen-bond acceptors (Lipinski definition) is 5. The number of nitrogens with zero attached hydrogens (tertiary/aromatic N) is 3. The molecule has 1 aromatic heterocycles. The monoisotopic (exact) mass is 299 g/mol. The first-order valence-corrected chi connectivity index (χ1v) is 7.28. The summed E-state index contributed by atoms with van der Waals surface area (Å²) in [7, 11) is 0. The molecule has 2 aliphatic heterocycles. The third-order valence-electron chi connectivity index (χ3n) is 4.62. The number of anilines is 1. The Morgan fingerprint density at radius 1 is 1.41 bits per heavy atom. The smallest absolute Gasteiger partial charge is 0.322 e. The molecule has 2 N–H and O–H groups in total. The number of piperidine rings is 1. The van der Waals surface area contributed by atoms with E-state index in [0.29, 0.717) is 5.69 Å². The number of imide groups is 1. The zero-order valence-corrected chi connectivity index (χ0v) is 12.3. The summed E-state index contributed by atoms with van der Waals surface area (Å²) in [4.78, 5) is 29.6. The molecule has 3 amide bonds. The molecule has 0 saturated carbocycles. The molecule has 1 unspecified atom stereocenters. The van der Waals surface area contributed by atoms with Crippen molar-refractivity contribution >= 4 is 17.6 Å². The summed E-state index contributed by atoms with van der Waals surface area (Å²) in [6.07, 6.45) is 3.14. The van der Waals surface area contributed by atoms with Gasteiger partial charge in [-0.15, -0.1) is 0 Å². The molecule has 0 spiro atoms. The highest BCUT2D eigenvalue weighted by molar-refractivity contribution is 6.06. The summed E-state index contributed by atoms with van der Waals surface area (Å²) in [5.74, 6) is -0.174. The fourth-order valence-electron chi connectivity index (χ4n) is 3.28. The van der Waals surface area contributed by atoms with E-state index in [1.54, 1.807) is 13.1 Å². The summed E-state index contributed by atoms with van der Waals surface area (Å²) in [6, 6.07) is 5.38. The molecule has 0 aliphatic carbocycles. The second-order valence-electron chi connectivity index (χ2n) is 5.85. The van der Waals surface area contributed by atoms with Crippen molar-refractivity contribution < 1.29 is 9.59 Å². The van der Waals surface area contributed by atoms with Crippen molar-refractivity contribution in [2.45, 2.75) is 25.3 Å². The molecule has 7 heteroatoms. The number of rotatable bonds is 2. The molecule has 22 heavy (non-hydrogen) atoms. The van der Waals surface area contributed by atoms with Gasteiger partial charge in [0.05, 0.1) is 5.69 Å². The highest BCUT2D eigenvalue weighted by atomic mass is 16.2. The van der Waals surface area contributed by atoms with E-state index in [2.05, 4.69) is 26.6 Å². The molecular weight excluding hydrogens is 282 g/mol. The van der Waals surface area contributed by atoms with E-state index in [0.717, 1.165) is 31.6 Å². The molecule has 0 bridgehead atoms. The van der Waals surface area contributed by atoms with Crippen LogP contribution in [0.1, 0.15) is 25.5 Å². The Bertz CT molecular complexity index is 660. The number of nitrogens with one attached hydrogen (secondary N) is 2. The van der Waals surface area contributed by atoms with Gasteiger partial charge in [0.2, 0.25) is 0 Å². The van der Waals surface area contributed by atoms with Gasteiger partial charge in [-0.3, -0.25) is 10.1 Å². The number of hydrogen-bond donors (Lipinski definition) is 2. The van der Waals surface area contributed by atoms with Crippen LogP contribution in [-0.4, -0.2) is 35.6 Å². The van der Waals surface area contributed by atoms with Crippen LogP contribution in [0.25, 0.3) is 0 Å². The maximum absolute atomic E-state index is 12.0. The van der Waals surface area contributed by atoms with Crippen molar-refractivity contribution in [3.63, 3.8) is 0 Å². The fraction of sp³-hybridized carbons (Fsp3) is 0.467. The van der Waals surface area contributed by atoms with Gasteiger partial charge in [0, 0.05) is 19.3 Å². The van der Waals surface area contributed by atoms with Crippen molar-refractivity contribution in [1.82, 2.24) is 15.6 Å². The van der Waals surface area contributed by atoms with E-state index in [4.69, 9.17) is 5.26 Å². The van der Waals surface area contributed by atoms with Crippen LogP contribution in [-0.2, 0) is 4.79 Å². The average molecular weight is 299 g/mol. The van der Waals surface area contributed by atoms with Gasteiger partial charge in [-0.05, 0) is 37.8 Å². The lowest BCUT2D eigenvalue weighted by Crippen LogP contribution is -2.53. The summed E-state index contributed by atoms with van der Waals surface area (Å²) in [5, 5.41) is 14.2. The van der Waals surface area contributed by atoms with Crippen LogP contribution >= 0.6 is 0 Å². The van der Waals surface area contributed by atoms with Crippen molar-refractivity contribution in [2.75, 3.05) is 18.0 Å². The summed E-state index contributed by atoms with van der Waals surface area (Å²) in [5.41, 5.74) is 0.406. The van der Waals surface area contributed by atoms with E-state index < -0.39 is 11.6 Å². The molecule has 3 rings (SSSR count). The van der Waals surface area contributed by atoms with Crippen LogP contribution in [0, 0.1) is 17.2 Å². The first-order valence-electron chi connectivity index (χ1n) is 7.28. The van der Waals surface area contributed by atoms with Crippen LogP contribution in [0.15, 0.2) is 18.3 Å². The van der Waals surface area contributed by atoms with Crippen molar-refractivity contribution in [1.29, 1.82) is 5.26 Å². The number of urea groups is 1. The maximum atomic E-state index is 12.0. The fourth-order valence-corrected chi connectivity index (χ4v) is 3.28. The number of carbonyl (C=O) groups excluding carboxylic acids is 2. The van der Waals surface area contributed by atoms with Gasteiger partial charge < -0.3 is 10.2 Å². The van der Waals surface area contributed by atoms with Crippen molar-refractivity contribution in [3.05, 3.63) is 24.0 Å². The van der Waals surface area contributed by atoms with E-state index >= 15 is 0 Å². The molecule has 3 heterocycles. The quantitative estimate of drug-likeness (QED) is 0.786. The lowest BCUT2D eigenvalue weighted by Gasteiger charge is -2.39. The molecule has 2 aliphatic rings. The number of aromatic nitrogens is 1. The molecule has 114 valence electrons. The molecule has 0 radical (unpaired) electrons. The second-order valence-corrected chi connectivity index (χ2v) is 5.85. The largest absolute Gasteiger partial charge is 0.369 e. The Morgan fingerprint density at radius 2 is 2.14 bits per heavy atom. The molecule has 1 aromatic rings. The second kappa shape index (κ2) is 5.30. The van der Waals surface area contributed by atoms with Crippen molar-refractivity contribution in [3.8, 4) is 6.07 Å². The number of carbonyl (C=O) groups is 2. The van der Waals surface area contributed by atoms with Gasteiger partial charge >= 0.3 is 6.03 Å². The minimum Gasteiger partial charge on any atom is -0.369 e. The van der Waals surface area contributed by atoms with Crippen LogP contribution in [0.3, 0.4) is 0 Å². The van der Waals surface area contributed by atoms with Crippen LogP contribution in [0.2, 0.25) is 0 Å². The SMILES string of the molecule is CC1(C2CCN(c3cccnc3C#N)CC2)NC(=O)NC1=O. The van der Waals surface area contributed by atoms with E-state index in [9.17, 15) is 9.59 Å². The molecule has 7 nitrogen and oxygen atoms in total. The first-order chi connectivity index (χ1) is 10.5. The number of nitriles is 1. The Hall–Kier alpha value is -2.62. The van der Waals surface area contributed by atoms with Crippen molar-refractivity contribution in [2.24, 2.45) is 5.92 Å². The standard InChI is InChI=1S/C15H17N5O2/c1-15(13(21)18-14(22)19-15)10-4-7-20(8-5-10)12-3-2-6-17-11(12)9-16/h2-3,6,10H,4-5,7-8H2,1H3,(H2,18,19,21,22). The van der Waals surface area contributed by atoms with Gasteiger partial charge in [0.15, 0.2) is 5.69 Å². The normalized spacial score (nSPS) is 25.5. The Morgan fingerprint density at radius 3 is 2.73 bits per heavy atom. The highest BCUT2D eigenvalue weighted by Gasteiger charge is 2.48. The maximum Gasteiger partial charge on any atom is 0.322 e. The molecule has 1 atom stereocenters. The third-order valence-corrected chi connectivity index (χ3v) is 4.62. The predicted octanol–water partition coefficient (Wildman–Crippen LogP) is 0.768. The lowest BCUT2D eigenvalue weighted by atomic mass is 9.79. The molecule has 2 saturated heterocycles. The summed E-state index contributed by atoms with van der Waals surface area (Å²) < 4.78 is 0. The molecule has 0 aromatic carbocycles. The highest BCUT2D eigenvalue weighted by Crippen LogP contribution is 2.32. The lowest BCUT2D eigenvalue weighted by molar-refractivity contribution is -0.125. The Labute approximate surface area is 128 Å². The molecular formula is C15H17N5O2. The summed E-state index contributed by atoms with van der Waals surface area (Å²) in [6.45, 7) is 3.23.